The molecule has 3 aromatic rings. The van der Waals surface area contributed by atoms with Gasteiger partial charge in [0.15, 0.2) is 0 Å². The van der Waals surface area contributed by atoms with Gasteiger partial charge < -0.3 is 10.1 Å². The first-order chi connectivity index (χ1) is 12.7. The summed E-state index contributed by atoms with van der Waals surface area (Å²) in [4.78, 5) is 16.8. The van der Waals surface area contributed by atoms with Gasteiger partial charge in [0, 0.05) is 11.3 Å². The molecule has 0 saturated carbocycles. The number of ether oxygens (including phenoxy) is 1. The molecule has 132 valence electrons. The van der Waals surface area contributed by atoms with Crippen LogP contribution in [0.4, 0.5) is 5.69 Å². The van der Waals surface area contributed by atoms with Crippen molar-refractivity contribution in [3.63, 3.8) is 0 Å². The summed E-state index contributed by atoms with van der Waals surface area (Å²) in [5, 5.41) is 11.0. The Kier molecular flexibility index (Phi) is 5.53. The van der Waals surface area contributed by atoms with Crippen LogP contribution < -0.4 is 10.1 Å². The lowest BCUT2D eigenvalue weighted by molar-refractivity contribution is 0.102. The van der Waals surface area contributed by atoms with Crippen LogP contribution in [0, 0.1) is 0 Å². The second-order valence-corrected chi connectivity index (χ2v) is 5.64. The van der Waals surface area contributed by atoms with Crippen molar-refractivity contribution in [1.29, 1.82) is 0 Å². The molecule has 0 saturated heterocycles. The average molecular weight is 348 g/mol. The fourth-order valence-electron chi connectivity index (χ4n) is 2.50. The number of hydrogen-bond donors (Lipinski definition) is 1. The van der Waals surface area contributed by atoms with E-state index in [9.17, 15) is 4.79 Å². The van der Waals surface area contributed by atoms with E-state index in [-0.39, 0.29) is 11.9 Å². The van der Waals surface area contributed by atoms with Crippen molar-refractivity contribution in [1.82, 2.24) is 15.2 Å². The van der Waals surface area contributed by atoms with Crippen LogP contribution >= 0.6 is 0 Å². The molecule has 0 unspecified atom stereocenters. The lowest BCUT2D eigenvalue weighted by Gasteiger charge is -2.09. The molecule has 0 aliphatic heterocycles. The summed E-state index contributed by atoms with van der Waals surface area (Å²) in [6.07, 6.45) is 1.53. The zero-order valence-electron chi connectivity index (χ0n) is 14.8. The van der Waals surface area contributed by atoms with Crippen LogP contribution in [-0.2, 0) is 12.8 Å². The van der Waals surface area contributed by atoms with Crippen molar-refractivity contribution >= 4 is 11.6 Å². The average Bonchev–Trinajstić information content (AvgIpc) is 2.69. The highest BCUT2D eigenvalue weighted by atomic mass is 16.5. The highest BCUT2D eigenvalue weighted by Crippen LogP contribution is 2.20. The van der Waals surface area contributed by atoms with E-state index in [1.54, 1.807) is 24.3 Å². The summed E-state index contributed by atoms with van der Waals surface area (Å²) in [5.41, 5.74) is 2.96. The van der Waals surface area contributed by atoms with Gasteiger partial charge in [0.1, 0.15) is 5.75 Å². The Morgan fingerprint density at radius 3 is 2.46 bits per heavy atom. The van der Waals surface area contributed by atoms with E-state index in [4.69, 9.17) is 4.74 Å². The Morgan fingerprint density at radius 2 is 1.73 bits per heavy atom. The molecule has 1 aromatic heterocycles. The van der Waals surface area contributed by atoms with Crippen molar-refractivity contribution in [2.45, 2.75) is 26.7 Å². The summed E-state index contributed by atoms with van der Waals surface area (Å²) < 4.78 is 5.70. The van der Waals surface area contributed by atoms with Gasteiger partial charge in [-0.1, -0.05) is 43.2 Å². The number of rotatable bonds is 6. The normalized spacial score (nSPS) is 10.4. The number of carbonyl (C=O) groups excluding carboxylic acids is 1. The van der Waals surface area contributed by atoms with Gasteiger partial charge in [-0.05, 0) is 43.2 Å². The number of amides is 1. The Balaban J connectivity index is 1.76. The molecular formula is C20H20N4O2. The number of carbonyl (C=O) groups is 1. The van der Waals surface area contributed by atoms with Crippen LogP contribution in [0.3, 0.4) is 0 Å². The van der Waals surface area contributed by atoms with Gasteiger partial charge in [0.2, 0.25) is 0 Å². The third kappa shape index (κ3) is 4.22. The first kappa shape index (κ1) is 17.5. The molecule has 0 bridgehead atoms. The minimum Gasteiger partial charge on any atom is -0.423 e. The molecule has 26 heavy (non-hydrogen) atoms. The molecule has 3 rings (SSSR count). The molecule has 0 spiro atoms. The number of aryl methyl sites for hydroxylation is 2. The highest BCUT2D eigenvalue weighted by Gasteiger charge is 2.10. The number of benzene rings is 2. The smallest absolute Gasteiger partial charge is 0.341 e. The molecule has 0 fully saturated rings. The van der Waals surface area contributed by atoms with Gasteiger partial charge in [-0.3, -0.25) is 4.79 Å². The SMILES string of the molecule is CCc1nnc(Oc2cccc(C(=O)Nc3ccccc3)c2)nc1CC. The largest absolute Gasteiger partial charge is 0.423 e. The van der Waals surface area contributed by atoms with E-state index >= 15 is 0 Å². The van der Waals surface area contributed by atoms with Gasteiger partial charge in [0.05, 0.1) is 11.4 Å². The molecule has 1 N–H and O–H groups in total. The van der Waals surface area contributed by atoms with Crippen molar-refractivity contribution < 1.29 is 9.53 Å². The molecule has 1 heterocycles. The van der Waals surface area contributed by atoms with Gasteiger partial charge >= 0.3 is 6.01 Å². The minimum atomic E-state index is -0.212. The molecule has 0 aliphatic rings. The van der Waals surface area contributed by atoms with Crippen LogP contribution in [0.15, 0.2) is 54.6 Å². The van der Waals surface area contributed by atoms with E-state index in [1.807, 2.05) is 44.2 Å². The van der Waals surface area contributed by atoms with E-state index in [0.717, 1.165) is 29.9 Å². The summed E-state index contributed by atoms with van der Waals surface area (Å²) in [5.74, 6) is 0.273. The van der Waals surface area contributed by atoms with Gasteiger partial charge in [-0.25, -0.2) is 0 Å². The molecule has 2 aromatic carbocycles. The zero-order valence-corrected chi connectivity index (χ0v) is 14.8. The zero-order chi connectivity index (χ0) is 18.4. The Morgan fingerprint density at radius 1 is 0.962 bits per heavy atom. The van der Waals surface area contributed by atoms with Gasteiger partial charge in [0.25, 0.3) is 5.91 Å². The molecule has 6 nitrogen and oxygen atoms in total. The van der Waals surface area contributed by atoms with E-state index in [1.165, 1.54) is 0 Å². The fourth-order valence-corrected chi connectivity index (χ4v) is 2.50. The highest BCUT2D eigenvalue weighted by molar-refractivity contribution is 6.04. The first-order valence-electron chi connectivity index (χ1n) is 8.56. The van der Waals surface area contributed by atoms with Crippen molar-refractivity contribution in [2.24, 2.45) is 0 Å². The maximum absolute atomic E-state index is 12.4. The maximum Gasteiger partial charge on any atom is 0.341 e. The van der Waals surface area contributed by atoms with Crippen molar-refractivity contribution in [3.8, 4) is 11.8 Å². The van der Waals surface area contributed by atoms with Crippen LogP contribution in [0.2, 0.25) is 0 Å². The summed E-state index contributed by atoms with van der Waals surface area (Å²) in [6.45, 7) is 4.03. The Bertz CT molecular complexity index is 897. The number of nitrogens with one attached hydrogen (secondary N) is 1. The van der Waals surface area contributed by atoms with Crippen LogP contribution in [-0.4, -0.2) is 21.1 Å². The summed E-state index contributed by atoms with van der Waals surface area (Å²) in [6, 6.07) is 16.4. The number of anilines is 1. The summed E-state index contributed by atoms with van der Waals surface area (Å²) >= 11 is 0. The minimum absolute atomic E-state index is 0.180. The number of hydrogen-bond acceptors (Lipinski definition) is 5. The van der Waals surface area contributed by atoms with E-state index in [0.29, 0.717) is 11.3 Å². The second-order valence-electron chi connectivity index (χ2n) is 5.64. The van der Waals surface area contributed by atoms with Crippen molar-refractivity contribution in [3.05, 3.63) is 71.5 Å². The van der Waals surface area contributed by atoms with Crippen LogP contribution in [0.25, 0.3) is 0 Å². The standard InChI is InChI=1S/C20H20N4O2/c1-3-17-18(4-2)23-24-20(22-17)26-16-12-8-9-14(13-16)19(25)21-15-10-6-5-7-11-15/h5-13H,3-4H2,1-2H3,(H,21,25). The molecule has 0 aliphatic carbocycles. The monoisotopic (exact) mass is 348 g/mol. The summed E-state index contributed by atoms with van der Waals surface area (Å²) in [7, 11) is 0. The number of nitrogens with zero attached hydrogens (tertiary/aromatic N) is 3. The van der Waals surface area contributed by atoms with E-state index < -0.39 is 0 Å². The lowest BCUT2D eigenvalue weighted by atomic mass is 10.2. The Labute approximate surface area is 152 Å². The first-order valence-corrected chi connectivity index (χ1v) is 8.56. The topological polar surface area (TPSA) is 77.0 Å². The van der Waals surface area contributed by atoms with Gasteiger partial charge in [-0.15, -0.1) is 5.10 Å². The predicted molar refractivity (Wildman–Crippen MR) is 99.5 cm³/mol. The second kappa shape index (κ2) is 8.20. The maximum atomic E-state index is 12.4. The lowest BCUT2D eigenvalue weighted by Crippen LogP contribution is -2.11. The molecule has 1 amide bonds. The molecular weight excluding hydrogens is 328 g/mol. The van der Waals surface area contributed by atoms with Crippen LogP contribution in [0.5, 0.6) is 11.8 Å². The molecule has 6 heteroatoms. The number of aromatic nitrogens is 3. The molecule has 0 radical (unpaired) electrons. The number of para-hydroxylation sites is 1. The van der Waals surface area contributed by atoms with Crippen LogP contribution in [0.1, 0.15) is 35.6 Å². The third-order valence-electron chi connectivity index (χ3n) is 3.83. The van der Waals surface area contributed by atoms with E-state index in [2.05, 4.69) is 20.5 Å². The van der Waals surface area contributed by atoms with Crippen molar-refractivity contribution in [2.75, 3.05) is 5.32 Å². The fraction of sp³-hybridized carbons (Fsp3) is 0.200. The molecule has 0 atom stereocenters. The Hall–Kier alpha value is -3.28. The predicted octanol–water partition coefficient (Wildman–Crippen LogP) is 4.04. The third-order valence-corrected chi connectivity index (χ3v) is 3.83. The van der Waals surface area contributed by atoms with Gasteiger partial charge in [-0.2, -0.15) is 4.98 Å². The quantitative estimate of drug-likeness (QED) is 0.727.